The van der Waals surface area contributed by atoms with Crippen molar-refractivity contribution in [3.05, 3.63) is 41.6 Å². The highest BCUT2D eigenvalue weighted by Gasteiger charge is 2.15. The number of aromatic nitrogens is 3. The van der Waals surface area contributed by atoms with Crippen LogP contribution in [-0.4, -0.2) is 21.6 Å². The second kappa shape index (κ2) is 4.52. The number of aryl methyl sites for hydroxylation is 2. The molecule has 0 unspecified atom stereocenters. The summed E-state index contributed by atoms with van der Waals surface area (Å²) in [5.41, 5.74) is 10.6. The fourth-order valence-electron chi connectivity index (χ4n) is 2.30. The molecule has 2 heterocycles. The van der Waals surface area contributed by atoms with Crippen LogP contribution in [0.15, 0.2) is 30.5 Å². The third-order valence-electron chi connectivity index (χ3n) is 3.24. The number of hydrogen-bond donors (Lipinski definition) is 1. The number of fused-ring (bicyclic) bond motifs is 1. The van der Waals surface area contributed by atoms with Gasteiger partial charge in [0.05, 0.1) is 12.8 Å². The Hall–Kier alpha value is -2.56. The van der Waals surface area contributed by atoms with Gasteiger partial charge in [-0.1, -0.05) is 6.07 Å². The van der Waals surface area contributed by atoms with Crippen LogP contribution in [0, 0.1) is 13.8 Å². The number of nitrogen functional groups attached to an aromatic ring is 1. The number of ether oxygens (including phenoxy) is 1. The van der Waals surface area contributed by atoms with Gasteiger partial charge >= 0.3 is 0 Å². The Balaban J connectivity index is 2.34. The molecule has 5 heteroatoms. The van der Waals surface area contributed by atoms with Crippen molar-refractivity contribution >= 4 is 17.1 Å². The lowest BCUT2D eigenvalue weighted by Gasteiger charge is -2.12. The Labute approximate surface area is 117 Å². The van der Waals surface area contributed by atoms with Crippen LogP contribution in [0.4, 0.5) is 5.95 Å². The van der Waals surface area contributed by atoms with Gasteiger partial charge in [0.1, 0.15) is 11.3 Å². The van der Waals surface area contributed by atoms with E-state index in [0.29, 0.717) is 5.95 Å². The Morgan fingerprint density at radius 3 is 2.70 bits per heavy atom. The van der Waals surface area contributed by atoms with Gasteiger partial charge in [0.15, 0.2) is 5.65 Å². The molecule has 0 spiro atoms. The van der Waals surface area contributed by atoms with E-state index in [9.17, 15) is 0 Å². The number of benzene rings is 1. The van der Waals surface area contributed by atoms with Crippen molar-refractivity contribution < 1.29 is 4.74 Å². The van der Waals surface area contributed by atoms with Gasteiger partial charge in [0, 0.05) is 6.20 Å². The number of hydrogen-bond acceptors (Lipinski definition) is 4. The number of pyridine rings is 1. The minimum atomic E-state index is 0.405. The van der Waals surface area contributed by atoms with Gasteiger partial charge in [0.25, 0.3) is 0 Å². The Morgan fingerprint density at radius 1 is 1.15 bits per heavy atom. The molecule has 102 valence electrons. The molecule has 3 aromatic rings. The van der Waals surface area contributed by atoms with E-state index in [1.807, 2.05) is 48.9 Å². The summed E-state index contributed by atoms with van der Waals surface area (Å²) in [6.07, 6.45) is 1.81. The topological polar surface area (TPSA) is 66.0 Å². The summed E-state index contributed by atoms with van der Waals surface area (Å²) >= 11 is 0. The smallest absolute Gasteiger partial charge is 0.207 e. The quantitative estimate of drug-likeness (QED) is 0.776. The van der Waals surface area contributed by atoms with E-state index in [2.05, 4.69) is 9.97 Å². The second-order valence-corrected chi connectivity index (χ2v) is 4.84. The maximum Gasteiger partial charge on any atom is 0.207 e. The molecule has 2 N–H and O–H groups in total. The lowest BCUT2D eigenvalue weighted by molar-refractivity contribution is 0.413. The predicted molar refractivity (Wildman–Crippen MR) is 79.3 cm³/mol. The zero-order valence-corrected chi connectivity index (χ0v) is 11.7. The van der Waals surface area contributed by atoms with Crippen molar-refractivity contribution in [1.82, 2.24) is 14.5 Å². The van der Waals surface area contributed by atoms with Crippen LogP contribution < -0.4 is 10.5 Å². The molecule has 0 bridgehead atoms. The lowest BCUT2D eigenvalue weighted by atomic mass is 10.2. The molecule has 5 nitrogen and oxygen atoms in total. The Morgan fingerprint density at radius 2 is 1.95 bits per heavy atom. The first-order valence-corrected chi connectivity index (χ1v) is 6.35. The van der Waals surface area contributed by atoms with Gasteiger partial charge in [-0.3, -0.25) is 4.57 Å². The summed E-state index contributed by atoms with van der Waals surface area (Å²) in [5.74, 6) is 1.14. The normalized spacial score (nSPS) is 10.9. The SMILES string of the molecule is COc1ccc(C)cc1-n1c(N)nc2cc(C)cnc21. The zero-order chi connectivity index (χ0) is 14.3. The van der Waals surface area contributed by atoms with Crippen molar-refractivity contribution in [2.75, 3.05) is 12.8 Å². The fourth-order valence-corrected chi connectivity index (χ4v) is 2.30. The van der Waals surface area contributed by atoms with Crippen LogP contribution in [0.25, 0.3) is 16.9 Å². The first-order valence-electron chi connectivity index (χ1n) is 6.35. The van der Waals surface area contributed by atoms with E-state index in [1.165, 1.54) is 0 Å². The number of anilines is 1. The van der Waals surface area contributed by atoms with Crippen LogP contribution in [0.3, 0.4) is 0 Å². The summed E-state index contributed by atoms with van der Waals surface area (Å²) < 4.78 is 7.24. The largest absolute Gasteiger partial charge is 0.495 e. The second-order valence-electron chi connectivity index (χ2n) is 4.84. The van der Waals surface area contributed by atoms with E-state index in [0.717, 1.165) is 33.7 Å². The van der Waals surface area contributed by atoms with Gasteiger partial charge in [-0.25, -0.2) is 9.97 Å². The van der Waals surface area contributed by atoms with E-state index in [-0.39, 0.29) is 0 Å². The molecule has 0 amide bonds. The standard InChI is InChI=1S/C15H16N4O/c1-9-4-5-13(20-3)12(7-9)19-14-11(18-15(19)16)6-10(2)8-17-14/h4-8H,1-3H3,(H2,16,18). The first kappa shape index (κ1) is 12.5. The molecule has 0 aliphatic carbocycles. The molecule has 3 rings (SSSR count). The number of methoxy groups -OCH3 is 1. The van der Waals surface area contributed by atoms with E-state index in [1.54, 1.807) is 7.11 Å². The van der Waals surface area contributed by atoms with Crippen LogP contribution >= 0.6 is 0 Å². The van der Waals surface area contributed by atoms with Gasteiger partial charge in [-0.15, -0.1) is 0 Å². The highest BCUT2D eigenvalue weighted by molar-refractivity contribution is 5.78. The molecule has 0 saturated carbocycles. The molecule has 0 aliphatic heterocycles. The van der Waals surface area contributed by atoms with Gasteiger partial charge < -0.3 is 10.5 Å². The van der Waals surface area contributed by atoms with Crippen LogP contribution in [0.2, 0.25) is 0 Å². The molecule has 0 fully saturated rings. The summed E-state index contributed by atoms with van der Waals surface area (Å²) in [4.78, 5) is 8.83. The molecule has 1 aromatic carbocycles. The third kappa shape index (κ3) is 1.87. The van der Waals surface area contributed by atoms with E-state index < -0.39 is 0 Å². The lowest BCUT2D eigenvalue weighted by Crippen LogP contribution is -2.04. The Bertz CT molecular complexity index is 792. The minimum Gasteiger partial charge on any atom is -0.495 e. The molecule has 20 heavy (non-hydrogen) atoms. The minimum absolute atomic E-state index is 0.405. The summed E-state index contributed by atoms with van der Waals surface area (Å²) in [6, 6.07) is 7.90. The van der Waals surface area contributed by atoms with Crippen molar-refractivity contribution in [1.29, 1.82) is 0 Å². The average molecular weight is 268 g/mol. The Kier molecular flexibility index (Phi) is 2.82. The van der Waals surface area contributed by atoms with Crippen LogP contribution in [-0.2, 0) is 0 Å². The molecule has 0 aliphatic rings. The average Bonchev–Trinajstić information content (AvgIpc) is 2.73. The third-order valence-corrected chi connectivity index (χ3v) is 3.24. The maximum atomic E-state index is 6.07. The summed E-state index contributed by atoms with van der Waals surface area (Å²) in [5, 5.41) is 0. The van der Waals surface area contributed by atoms with Crippen molar-refractivity contribution in [3.63, 3.8) is 0 Å². The fraction of sp³-hybridized carbons (Fsp3) is 0.200. The molecular formula is C15H16N4O. The molecule has 0 saturated heterocycles. The molecular weight excluding hydrogens is 252 g/mol. The van der Waals surface area contributed by atoms with E-state index in [4.69, 9.17) is 10.5 Å². The van der Waals surface area contributed by atoms with Gasteiger partial charge in [0.2, 0.25) is 5.95 Å². The summed E-state index contributed by atoms with van der Waals surface area (Å²) in [7, 11) is 1.64. The van der Waals surface area contributed by atoms with Crippen molar-refractivity contribution in [2.45, 2.75) is 13.8 Å². The molecule has 0 radical (unpaired) electrons. The highest BCUT2D eigenvalue weighted by Crippen LogP contribution is 2.29. The van der Waals surface area contributed by atoms with Crippen LogP contribution in [0.1, 0.15) is 11.1 Å². The monoisotopic (exact) mass is 268 g/mol. The zero-order valence-electron chi connectivity index (χ0n) is 11.7. The predicted octanol–water partition coefficient (Wildman–Crippen LogP) is 2.63. The van der Waals surface area contributed by atoms with Crippen LogP contribution in [0.5, 0.6) is 5.75 Å². The van der Waals surface area contributed by atoms with Gasteiger partial charge in [-0.05, 0) is 43.2 Å². The van der Waals surface area contributed by atoms with Gasteiger partial charge in [-0.2, -0.15) is 0 Å². The van der Waals surface area contributed by atoms with Crippen molar-refractivity contribution in [3.8, 4) is 11.4 Å². The number of nitrogens with two attached hydrogens (primary N) is 1. The first-order chi connectivity index (χ1) is 9.60. The van der Waals surface area contributed by atoms with E-state index >= 15 is 0 Å². The highest BCUT2D eigenvalue weighted by atomic mass is 16.5. The number of rotatable bonds is 2. The summed E-state index contributed by atoms with van der Waals surface area (Å²) in [6.45, 7) is 4.00. The van der Waals surface area contributed by atoms with Crippen molar-refractivity contribution in [2.24, 2.45) is 0 Å². The molecule has 2 aromatic heterocycles. The number of imidazole rings is 1. The molecule has 0 atom stereocenters. The maximum absolute atomic E-state index is 6.07. The number of nitrogens with zero attached hydrogens (tertiary/aromatic N) is 3.